The SMILES string of the molecule is COc1cc(OCc2ccccn2)ccc1/C=C/C(=O)CC(=O)/C=C/c1cccn1C. The molecule has 0 saturated carbocycles. The van der Waals surface area contributed by atoms with Crippen molar-refractivity contribution in [2.75, 3.05) is 7.11 Å². The largest absolute Gasteiger partial charge is 0.496 e. The first-order valence-electron chi connectivity index (χ1n) is 9.79. The van der Waals surface area contributed by atoms with Crippen LogP contribution in [0.1, 0.15) is 23.4 Å². The predicted molar refractivity (Wildman–Crippen MR) is 120 cm³/mol. The zero-order valence-corrected chi connectivity index (χ0v) is 17.5. The van der Waals surface area contributed by atoms with Crippen molar-refractivity contribution in [1.82, 2.24) is 9.55 Å². The molecule has 0 aliphatic heterocycles. The fourth-order valence-corrected chi connectivity index (χ4v) is 2.86. The second-order valence-corrected chi connectivity index (χ2v) is 6.83. The van der Waals surface area contributed by atoms with E-state index >= 15 is 0 Å². The first-order chi connectivity index (χ1) is 15.0. The van der Waals surface area contributed by atoms with Gasteiger partial charge >= 0.3 is 0 Å². The molecular weight excluding hydrogens is 392 g/mol. The Kier molecular flexibility index (Phi) is 7.54. The molecule has 31 heavy (non-hydrogen) atoms. The Morgan fingerprint density at radius 2 is 1.84 bits per heavy atom. The molecule has 0 radical (unpaired) electrons. The van der Waals surface area contributed by atoms with E-state index in [9.17, 15) is 9.59 Å². The number of nitrogens with zero attached hydrogens (tertiary/aromatic N) is 2. The Bertz CT molecular complexity index is 1100. The average Bonchev–Trinajstić information content (AvgIpc) is 3.20. The molecule has 3 aromatic rings. The molecule has 0 spiro atoms. The molecule has 6 heteroatoms. The van der Waals surface area contributed by atoms with Gasteiger partial charge in [0.25, 0.3) is 0 Å². The lowest BCUT2D eigenvalue weighted by Crippen LogP contribution is -2.02. The van der Waals surface area contributed by atoms with Gasteiger partial charge in [-0.1, -0.05) is 6.07 Å². The molecule has 0 unspecified atom stereocenters. The molecule has 0 atom stereocenters. The van der Waals surface area contributed by atoms with Crippen LogP contribution in [0.3, 0.4) is 0 Å². The van der Waals surface area contributed by atoms with Crippen LogP contribution in [-0.4, -0.2) is 28.2 Å². The van der Waals surface area contributed by atoms with E-state index in [1.165, 1.54) is 12.2 Å². The summed E-state index contributed by atoms with van der Waals surface area (Å²) in [6.07, 6.45) is 9.57. The predicted octanol–water partition coefficient (Wildman–Crippen LogP) is 4.26. The summed E-state index contributed by atoms with van der Waals surface area (Å²) in [5.41, 5.74) is 2.43. The van der Waals surface area contributed by atoms with Gasteiger partial charge in [-0.2, -0.15) is 0 Å². The van der Waals surface area contributed by atoms with E-state index in [4.69, 9.17) is 9.47 Å². The van der Waals surface area contributed by atoms with Gasteiger partial charge in [-0.25, -0.2) is 0 Å². The smallest absolute Gasteiger partial charge is 0.163 e. The minimum absolute atomic E-state index is 0.189. The molecule has 6 nitrogen and oxygen atoms in total. The van der Waals surface area contributed by atoms with Crippen molar-refractivity contribution in [2.24, 2.45) is 7.05 Å². The van der Waals surface area contributed by atoms with Crippen LogP contribution in [-0.2, 0) is 23.2 Å². The van der Waals surface area contributed by atoms with Crippen LogP contribution in [0.4, 0.5) is 0 Å². The van der Waals surface area contributed by atoms with Gasteiger partial charge in [-0.05, 0) is 60.7 Å². The van der Waals surface area contributed by atoms with E-state index in [0.717, 1.165) is 11.4 Å². The molecule has 0 amide bonds. The van der Waals surface area contributed by atoms with Gasteiger partial charge in [0.2, 0.25) is 0 Å². The first kappa shape index (κ1) is 21.8. The quantitative estimate of drug-likeness (QED) is 0.365. The van der Waals surface area contributed by atoms with E-state index in [1.54, 1.807) is 43.7 Å². The minimum Gasteiger partial charge on any atom is -0.496 e. The molecule has 1 aromatic carbocycles. The highest BCUT2D eigenvalue weighted by Gasteiger charge is 2.07. The lowest BCUT2D eigenvalue weighted by molar-refractivity contribution is -0.121. The maximum atomic E-state index is 12.2. The fourth-order valence-electron chi connectivity index (χ4n) is 2.86. The number of hydrogen-bond acceptors (Lipinski definition) is 5. The summed E-state index contributed by atoms with van der Waals surface area (Å²) in [6.45, 7) is 0.343. The number of allylic oxidation sites excluding steroid dienone is 2. The van der Waals surface area contributed by atoms with Gasteiger partial charge in [-0.3, -0.25) is 14.6 Å². The lowest BCUT2D eigenvalue weighted by Gasteiger charge is -2.09. The summed E-state index contributed by atoms with van der Waals surface area (Å²) in [5.74, 6) is 0.671. The van der Waals surface area contributed by atoms with Crippen molar-refractivity contribution in [3.05, 3.63) is 90.0 Å². The molecule has 0 N–H and O–H groups in total. The van der Waals surface area contributed by atoms with Gasteiger partial charge < -0.3 is 14.0 Å². The van der Waals surface area contributed by atoms with Gasteiger partial charge in [0, 0.05) is 36.8 Å². The third-order valence-electron chi connectivity index (χ3n) is 4.54. The van der Waals surface area contributed by atoms with Gasteiger partial charge in [0.1, 0.15) is 18.1 Å². The highest BCUT2D eigenvalue weighted by Crippen LogP contribution is 2.26. The molecule has 0 aliphatic carbocycles. The summed E-state index contributed by atoms with van der Waals surface area (Å²) in [5, 5.41) is 0. The maximum absolute atomic E-state index is 12.2. The standard InChI is InChI=1S/C25H24N2O4/c1-27-15-5-7-21(27)10-12-23(29)16-22(28)11-8-19-9-13-24(17-25(19)30-2)31-18-20-6-3-4-14-26-20/h3-15,17H,16,18H2,1-2H3/b11-8+,12-10+. The lowest BCUT2D eigenvalue weighted by atomic mass is 10.1. The molecular formula is C25H24N2O4. The van der Waals surface area contributed by atoms with Crippen molar-refractivity contribution >= 4 is 23.7 Å². The van der Waals surface area contributed by atoms with E-state index in [1.807, 2.05) is 48.1 Å². The number of methoxy groups -OCH3 is 1. The average molecular weight is 416 g/mol. The third-order valence-corrected chi connectivity index (χ3v) is 4.54. The maximum Gasteiger partial charge on any atom is 0.163 e. The van der Waals surface area contributed by atoms with Crippen molar-refractivity contribution in [3.63, 3.8) is 0 Å². The Morgan fingerprint density at radius 3 is 2.52 bits per heavy atom. The Labute approximate surface area is 181 Å². The van der Waals surface area contributed by atoms with E-state index in [2.05, 4.69) is 4.98 Å². The number of ether oxygens (including phenoxy) is 2. The monoisotopic (exact) mass is 416 g/mol. The van der Waals surface area contributed by atoms with Gasteiger partial charge in [-0.15, -0.1) is 0 Å². The number of benzene rings is 1. The number of aryl methyl sites for hydroxylation is 1. The zero-order chi connectivity index (χ0) is 22.1. The molecule has 0 saturated heterocycles. The highest BCUT2D eigenvalue weighted by molar-refractivity contribution is 6.10. The molecule has 2 aromatic heterocycles. The summed E-state index contributed by atoms with van der Waals surface area (Å²) in [4.78, 5) is 28.4. The van der Waals surface area contributed by atoms with Crippen LogP contribution in [0.15, 0.2) is 73.1 Å². The number of pyridine rings is 1. The number of carbonyl (C=O) groups is 2. The summed E-state index contributed by atoms with van der Waals surface area (Å²) in [7, 11) is 3.44. The molecule has 0 bridgehead atoms. The minimum atomic E-state index is -0.279. The Balaban J connectivity index is 1.57. The number of aromatic nitrogens is 2. The van der Waals surface area contributed by atoms with Crippen LogP contribution in [0.5, 0.6) is 11.5 Å². The van der Waals surface area contributed by atoms with Crippen molar-refractivity contribution < 1.29 is 19.1 Å². The second-order valence-electron chi connectivity index (χ2n) is 6.83. The van der Waals surface area contributed by atoms with Crippen molar-refractivity contribution in [1.29, 1.82) is 0 Å². The van der Waals surface area contributed by atoms with Crippen LogP contribution >= 0.6 is 0 Å². The topological polar surface area (TPSA) is 70.4 Å². The molecule has 2 heterocycles. The summed E-state index contributed by atoms with van der Waals surface area (Å²) >= 11 is 0. The number of carbonyl (C=O) groups excluding carboxylic acids is 2. The van der Waals surface area contributed by atoms with E-state index in [-0.39, 0.29) is 18.0 Å². The summed E-state index contributed by atoms with van der Waals surface area (Å²) in [6, 6.07) is 14.8. The molecule has 0 aliphatic rings. The van der Waals surface area contributed by atoms with Crippen LogP contribution < -0.4 is 9.47 Å². The Hall–Kier alpha value is -3.93. The number of ketones is 2. The van der Waals surface area contributed by atoms with E-state index < -0.39 is 0 Å². The van der Waals surface area contributed by atoms with Crippen LogP contribution in [0, 0.1) is 0 Å². The van der Waals surface area contributed by atoms with Crippen molar-refractivity contribution in [3.8, 4) is 11.5 Å². The zero-order valence-electron chi connectivity index (χ0n) is 17.5. The van der Waals surface area contributed by atoms with Gasteiger partial charge in [0.15, 0.2) is 11.6 Å². The van der Waals surface area contributed by atoms with Crippen LogP contribution in [0.25, 0.3) is 12.2 Å². The fraction of sp³-hybridized carbons (Fsp3) is 0.160. The molecule has 3 rings (SSSR count). The number of rotatable bonds is 10. The highest BCUT2D eigenvalue weighted by atomic mass is 16.5. The molecule has 0 fully saturated rings. The first-order valence-corrected chi connectivity index (χ1v) is 9.79. The Morgan fingerprint density at radius 1 is 1.03 bits per heavy atom. The van der Waals surface area contributed by atoms with Crippen LogP contribution in [0.2, 0.25) is 0 Å². The van der Waals surface area contributed by atoms with E-state index in [0.29, 0.717) is 23.7 Å². The normalized spacial score (nSPS) is 11.2. The molecule has 158 valence electrons. The van der Waals surface area contributed by atoms with Crippen molar-refractivity contribution in [2.45, 2.75) is 13.0 Å². The third kappa shape index (κ3) is 6.54. The van der Waals surface area contributed by atoms with Gasteiger partial charge in [0.05, 0.1) is 19.2 Å². The second kappa shape index (κ2) is 10.7. The number of hydrogen-bond donors (Lipinski definition) is 0. The summed E-state index contributed by atoms with van der Waals surface area (Å²) < 4.78 is 13.0.